The first kappa shape index (κ1) is 19.1. The molecule has 2 N–H and O–H groups in total. The van der Waals surface area contributed by atoms with Crippen molar-refractivity contribution < 1.29 is 19.1 Å². The lowest BCUT2D eigenvalue weighted by atomic mass is 10.0. The summed E-state index contributed by atoms with van der Waals surface area (Å²) >= 11 is 0. The van der Waals surface area contributed by atoms with Crippen molar-refractivity contribution in [3.63, 3.8) is 0 Å². The van der Waals surface area contributed by atoms with E-state index < -0.39 is 11.9 Å². The third-order valence-corrected chi connectivity index (χ3v) is 4.80. The first-order valence-electron chi connectivity index (χ1n) is 8.92. The predicted octanol–water partition coefficient (Wildman–Crippen LogP) is 2.61. The molecule has 8 nitrogen and oxygen atoms in total. The normalized spacial score (nSPS) is 10.9. The highest BCUT2D eigenvalue weighted by molar-refractivity contribution is 5.94. The first-order valence-corrected chi connectivity index (χ1v) is 8.92. The number of aromatic nitrogens is 2. The van der Waals surface area contributed by atoms with Crippen molar-refractivity contribution in [2.24, 2.45) is 0 Å². The molecule has 0 aliphatic heterocycles. The second-order valence-electron chi connectivity index (χ2n) is 6.60. The van der Waals surface area contributed by atoms with Crippen molar-refractivity contribution in [3.8, 4) is 11.1 Å². The van der Waals surface area contributed by atoms with Gasteiger partial charge in [-0.2, -0.15) is 0 Å². The Morgan fingerprint density at radius 2 is 1.07 bits per heavy atom. The molecular weight excluding hydrogens is 388 g/mol. The second kappa shape index (κ2) is 7.32. The van der Waals surface area contributed by atoms with Crippen LogP contribution in [0.15, 0.2) is 58.1 Å². The van der Waals surface area contributed by atoms with E-state index in [0.29, 0.717) is 21.8 Å². The standard InChI is InChI=1S/C22H16N2O6/c1-29-21(27)17-9-19(25)13-7-11(3-5-15(13)23-17)12-4-6-16-14(8-12)20(26)10-18(24-16)22(28)30-2/h3-10H,1-2H3,(H,23,25)(H,24,26). The molecule has 150 valence electrons. The van der Waals surface area contributed by atoms with Gasteiger partial charge in [-0.15, -0.1) is 0 Å². The number of fused-ring (bicyclic) bond motifs is 2. The highest BCUT2D eigenvalue weighted by atomic mass is 16.5. The summed E-state index contributed by atoms with van der Waals surface area (Å²) in [6.07, 6.45) is 0. The lowest BCUT2D eigenvalue weighted by Crippen LogP contribution is -2.11. The molecule has 0 aliphatic carbocycles. The number of nitrogens with one attached hydrogen (secondary N) is 2. The van der Waals surface area contributed by atoms with E-state index in [9.17, 15) is 19.2 Å². The van der Waals surface area contributed by atoms with Gasteiger partial charge in [0.15, 0.2) is 10.9 Å². The molecule has 0 atom stereocenters. The average Bonchev–Trinajstić information content (AvgIpc) is 2.77. The fraction of sp³-hybridized carbons (Fsp3) is 0.0909. The maximum Gasteiger partial charge on any atom is 0.354 e. The molecule has 2 aromatic heterocycles. The molecule has 4 aromatic rings. The van der Waals surface area contributed by atoms with Crippen LogP contribution in [0.2, 0.25) is 0 Å². The monoisotopic (exact) mass is 404 g/mol. The maximum atomic E-state index is 12.5. The van der Waals surface area contributed by atoms with E-state index >= 15 is 0 Å². The average molecular weight is 404 g/mol. The molecule has 0 unspecified atom stereocenters. The zero-order valence-corrected chi connectivity index (χ0v) is 16.1. The maximum absolute atomic E-state index is 12.5. The van der Waals surface area contributed by atoms with Gasteiger partial charge in [0.05, 0.1) is 14.2 Å². The summed E-state index contributed by atoms with van der Waals surface area (Å²) in [7, 11) is 2.48. The highest BCUT2D eigenvalue weighted by Gasteiger charge is 2.13. The topological polar surface area (TPSA) is 118 Å². The Morgan fingerprint density at radius 3 is 1.43 bits per heavy atom. The summed E-state index contributed by atoms with van der Waals surface area (Å²) < 4.78 is 9.29. The van der Waals surface area contributed by atoms with Crippen molar-refractivity contribution in [2.45, 2.75) is 0 Å². The van der Waals surface area contributed by atoms with E-state index in [1.54, 1.807) is 36.4 Å². The van der Waals surface area contributed by atoms with Crippen molar-refractivity contribution in [3.05, 3.63) is 80.4 Å². The van der Waals surface area contributed by atoms with E-state index in [-0.39, 0.29) is 22.2 Å². The minimum atomic E-state index is -0.627. The summed E-state index contributed by atoms with van der Waals surface area (Å²) in [6, 6.07) is 12.7. The van der Waals surface area contributed by atoms with Crippen LogP contribution in [0.5, 0.6) is 0 Å². The van der Waals surface area contributed by atoms with Gasteiger partial charge in [-0.05, 0) is 35.4 Å². The summed E-state index contributed by atoms with van der Waals surface area (Å²) in [5.41, 5.74) is 1.91. The van der Waals surface area contributed by atoms with Crippen molar-refractivity contribution >= 4 is 33.7 Å². The quantitative estimate of drug-likeness (QED) is 0.507. The van der Waals surface area contributed by atoms with E-state index in [1.165, 1.54) is 26.4 Å². The number of ether oxygens (including phenoxy) is 2. The number of pyridine rings is 2. The van der Waals surface area contributed by atoms with Crippen LogP contribution in [0.25, 0.3) is 32.9 Å². The van der Waals surface area contributed by atoms with Crippen LogP contribution in [-0.2, 0) is 9.47 Å². The smallest absolute Gasteiger partial charge is 0.354 e. The van der Waals surface area contributed by atoms with Crippen LogP contribution in [0.1, 0.15) is 21.0 Å². The van der Waals surface area contributed by atoms with Crippen molar-refractivity contribution in [1.29, 1.82) is 0 Å². The number of benzene rings is 2. The van der Waals surface area contributed by atoms with Gasteiger partial charge in [-0.25, -0.2) is 9.59 Å². The van der Waals surface area contributed by atoms with Gasteiger partial charge in [-0.1, -0.05) is 12.1 Å². The number of carbonyl (C=O) groups excluding carboxylic acids is 2. The molecule has 4 rings (SSSR count). The van der Waals surface area contributed by atoms with Crippen LogP contribution < -0.4 is 10.9 Å². The summed E-state index contributed by atoms with van der Waals surface area (Å²) in [5.74, 6) is -1.25. The molecule has 0 aliphatic rings. The molecule has 2 heterocycles. The van der Waals surface area contributed by atoms with E-state index in [0.717, 1.165) is 11.1 Å². The number of rotatable bonds is 3. The third kappa shape index (κ3) is 3.24. The van der Waals surface area contributed by atoms with Crippen LogP contribution in [0.3, 0.4) is 0 Å². The summed E-state index contributed by atoms with van der Waals surface area (Å²) in [6.45, 7) is 0. The van der Waals surface area contributed by atoms with Gasteiger partial charge >= 0.3 is 11.9 Å². The fourth-order valence-electron chi connectivity index (χ4n) is 3.29. The number of H-pyrrole nitrogens is 2. The van der Waals surface area contributed by atoms with Crippen LogP contribution in [-0.4, -0.2) is 36.1 Å². The molecule has 0 saturated heterocycles. The summed E-state index contributed by atoms with van der Waals surface area (Å²) in [4.78, 5) is 54.1. The zero-order chi connectivity index (χ0) is 21.4. The predicted molar refractivity (Wildman–Crippen MR) is 111 cm³/mol. The molecule has 8 heteroatoms. The number of aromatic amines is 2. The SMILES string of the molecule is COC(=O)c1cc(=O)c2cc(-c3ccc4[nH]c(C(=O)OC)cc(=O)c4c3)ccc2[nH]1. The Balaban J connectivity index is 1.83. The minimum Gasteiger partial charge on any atom is -0.464 e. The lowest BCUT2D eigenvalue weighted by molar-refractivity contribution is 0.0585. The molecular formula is C22H16N2O6. The van der Waals surface area contributed by atoms with Gasteiger partial charge in [0.25, 0.3) is 0 Å². The Hall–Kier alpha value is -4.20. The van der Waals surface area contributed by atoms with Crippen LogP contribution in [0.4, 0.5) is 0 Å². The van der Waals surface area contributed by atoms with E-state index in [2.05, 4.69) is 19.4 Å². The Labute approximate surface area is 169 Å². The molecule has 0 amide bonds. The Morgan fingerprint density at radius 1 is 0.667 bits per heavy atom. The number of methoxy groups -OCH3 is 2. The first-order chi connectivity index (χ1) is 14.4. The number of esters is 2. The highest BCUT2D eigenvalue weighted by Crippen LogP contribution is 2.25. The molecule has 0 bridgehead atoms. The van der Waals surface area contributed by atoms with Gasteiger partial charge in [-0.3, -0.25) is 9.59 Å². The van der Waals surface area contributed by atoms with Gasteiger partial charge in [0.1, 0.15) is 11.4 Å². The Bertz CT molecular complexity index is 1340. The zero-order valence-electron chi connectivity index (χ0n) is 16.1. The summed E-state index contributed by atoms with van der Waals surface area (Å²) in [5, 5.41) is 0.797. The third-order valence-electron chi connectivity index (χ3n) is 4.80. The van der Waals surface area contributed by atoms with Crippen molar-refractivity contribution in [1.82, 2.24) is 9.97 Å². The minimum absolute atomic E-state index is 0.0707. The molecule has 0 radical (unpaired) electrons. The molecule has 0 saturated carbocycles. The number of hydrogen-bond acceptors (Lipinski definition) is 6. The fourth-order valence-corrected chi connectivity index (χ4v) is 3.29. The number of hydrogen-bond donors (Lipinski definition) is 2. The second-order valence-corrected chi connectivity index (χ2v) is 6.60. The molecule has 0 spiro atoms. The van der Waals surface area contributed by atoms with E-state index in [4.69, 9.17) is 0 Å². The number of carbonyl (C=O) groups is 2. The molecule has 30 heavy (non-hydrogen) atoms. The molecule has 2 aromatic carbocycles. The Kier molecular flexibility index (Phi) is 4.67. The van der Waals surface area contributed by atoms with Gasteiger partial charge < -0.3 is 19.4 Å². The van der Waals surface area contributed by atoms with Gasteiger partial charge in [0.2, 0.25) is 0 Å². The van der Waals surface area contributed by atoms with Crippen LogP contribution >= 0.6 is 0 Å². The van der Waals surface area contributed by atoms with Crippen LogP contribution in [0, 0.1) is 0 Å². The van der Waals surface area contributed by atoms with Crippen molar-refractivity contribution in [2.75, 3.05) is 14.2 Å². The largest absolute Gasteiger partial charge is 0.464 e. The molecule has 0 fully saturated rings. The van der Waals surface area contributed by atoms with Gasteiger partial charge in [0, 0.05) is 33.9 Å². The van der Waals surface area contributed by atoms with E-state index in [1.807, 2.05) is 0 Å². The lowest BCUT2D eigenvalue weighted by Gasteiger charge is -2.08.